The lowest BCUT2D eigenvalue weighted by Gasteiger charge is -2.10. The van der Waals surface area contributed by atoms with Crippen LogP contribution in [-0.4, -0.2) is 14.1 Å². The molecule has 0 aromatic carbocycles. The number of thiophene rings is 1. The van der Waals surface area contributed by atoms with Gasteiger partial charge in [0.2, 0.25) is 0 Å². The molecule has 0 atom stereocenters. The molecule has 20 heavy (non-hydrogen) atoms. The molecule has 0 N–H and O–H groups in total. The zero-order valence-electron chi connectivity index (χ0n) is 11.4. The topological polar surface area (TPSA) is 56.9 Å². The summed E-state index contributed by atoms with van der Waals surface area (Å²) in [7, 11) is 3.12. The smallest absolute Gasteiger partial charge is 0.295 e. The molecule has 3 aromatic rings. The molecular weight excluding hydrogens is 274 g/mol. The standard InChI is InChI=1S/C14H13N3O2S/c1-8-7-9-12(13(18)17(3)14(19)16(9)2)15-11(8)10-5-4-6-20-10/h4-7H,1-3H3. The third-order valence-corrected chi connectivity index (χ3v) is 4.27. The minimum absolute atomic E-state index is 0.323. The van der Waals surface area contributed by atoms with Gasteiger partial charge in [0.25, 0.3) is 5.56 Å². The van der Waals surface area contributed by atoms with Crippen molar-refractivity contribution < 1.29 is 0 Å². The second-order valence-electron chi connectivity index (χ2n) is 4.70. The van der Waals surface area contributed by atoms with Gasteiger partial charge in [-0.25, -0.2) is 9.78 Å². The van der Waals surface area contributed by atoms with Crippen LogP contribution in [0.5, 0.6) is 0 Å². The molecule has 0 fully saturated rings. The fraction of sp³-hybridized carbons (Fsp3) is 0.214. The van der Waals surface area contributed by atoms with Crippen molar-refractivity contribution in [3.05, 3.63) is 50.0 Å². The van der Waals surface area contributed by atoms with E-state index in [0.717, 1.165) is 20.7 Å². The molecule has 3 aromatic heterocycles. The molecule has 0 aliphatic heterocycles. The minimum atomic E-state index is -0.360. The molecule has 0 aliphatic rings. The molecule has 0 radical (unpaired) electrons. The minimum Gasteiger partial charge on any atom is -0.295 e. The van der Waals surface area contributed by atoms with E-state index in [1.165, 1.54) is 11.6 Å². The lowest BCUT2D eigenvalue weighted by molar-refractivity contribution is 0.710. The van der Waals surface area contributed by atoms with Crippen LogP contribution in [0.3, 0.4) is 0 Å². The SMILES string of the molecule is Cc1cc2c(nc1-c1cccs1)c(=O)n(C)c(=O)n2C. The molecule has 0 unspecified atom stereocenters. The average molecular weight is 287 g/mol. The Morgan fingerprint density at radius 1 is 1.20 bits per heavy atom. The molecule has 0 saturated heterocycles. The van der Waals surface area contributed by atoms with Crippen molar-refractivity contribution in [1.29, 1.82) is 0 Å². The van der Waals surface area contributed by atoms with E-state index in [9.17, 15) is 9.59 Å². The predicted octanol–water partition coefficient (Wildman–Crippen LogP) is 1.67. The molecule has 0 aliphatic carbocycles. The largest absolute Gasteiger partial charge is 0.331 e. The van der Waals surface area contributed by atoms with Crippen LogP contribution in [0.25, 0.3) is 21.6 Å². The molecule has 3 heterocycles. The number of pyridine rings is 1. The lowest BCUT2D eigenvalue weighted by Crippen LogP contribution is -2.37. The number of nitrogens with zero attached hydrogens (tertiary/aromatic N) is 3. The summed E-state index contributed by atoms with van der Waals surface area (Å²) in [4.78, 5) is 29.7. The number of hydrogen-bond donors (Lipinski definition) is 0. The summed E-state index contributed by atoms with van der Waals surface area (Å²) in [6.45, 7) is 1.93. The second-order valence-corrected chi connectivity index (χ2v) is 5.65. The summed E-state index contributed by atoms with van der Waals surface area (Å²) in [6.07, 6.45) is 0. The van der Waals surface area contributed by atoms with Crippen molar-refractivity contribution in [1.82, 2.24) is 14.1 Å². The number of hydrogen-bond acceptors (Lipinski definition) is 4. The maximum Gasteiger partial charge on any atom is 0.331 e. The van der Waals surface area contributed by atoms with Crippen LogP contribution in [0.4, 0.5) is 0 Å². The van der Waals surface area contributed by atoms with Gasteiger partial charge in [-0.05, 0) is 30.0 Å². The van der Waals surface area contributed by atoms with Gasteiger partial charge in [0, 0.05) is 14.1 Å². The summed E-state index contributed by atoms with van der Waals surface area (Å²) in [5, 5.41) is 1.97. The average Bonchev–Trinajstić information content (AvgIpc) is 2.96. The Hall–Kier alpha value is -2.21. The molecule has 6 heteroatoms. The fourth-order valence-electron chi connectivity index (χ4n) is 2.25. The third-order valence-electron chi connectivity index (χ3n) is 3.39. The summed E-state index contributed by atoms with van der Waals surface area (Å²) in [5.74, 6) is 0. The Labute approximate surface area is 118 Å². The number of fused-ring (bicyclic) bond motifs is 1. The first kappa shape index (κ1) is 12.8. The normalized spacial score (nSPS) is 11.2. The molecule has 0 saturated carbocycles. The molecular formula is C14H13N3O2S. The van der Waals surface area contributed by atoms with Crippen LogP contribution in [0.2, 0.25) is 0 Å². The van der Waals surface area contributed by atoms with E-state index >= 15 is 0 Å². The van der Waals surface area contributed by atoms with Crippen molar-refractivity contribution in [2.45, 2.75) is 6.92 Å². The number of aryl methyl sites for hydroxylation is 2. The van der Waals surface area contributed by atoms with Crippen LogP contribution in [0.15, 0.2) is 33.2 Å². The van der Waals surface area contributed by atoms with E-state index in [1.54, 1.807) is 18.4 Å². The second kappa shape index (κ2) is 4.42. The first-order chi connectivity index (χ1) is 9.50. The van der Waals surface area contributed by atoms with Crippen LogP contribution in [0, 0.1) is 6.92 Å². The van der Waals surface area contributed by atoms with Gasteiger partial charge in [-0.1, -0.05) is 6.07 Å². The van der Waals surface area contributed by atoms with Gasteiger partial charge in [0.15, 0.2) is 5.52 Å². The van der Waals surface area contributed by atoms with Gasteiger partial charge < -0.3 is 0 Å². The maximum atomic E-state index is 12.2. The van der Waals surface area contributed by atoms with Gasteiger partial charge >= 0.3 is 5.69 Å². The quantitative estimate of drug-likeness (QED) is 0.684. The van der Waals surface area contributed by atoms with Crippen LogP contribution in [0.1, 0.15) is 5.56 Å². The monoisotopic (exact) mass is 287 g/mol. The first-order valence-corrected chi connectivity index (χ1v) is 7.00. The zero-order chi connectivity index (χ0) is 14.4. The molecule has 5 nitrogen and oxygen atoms in total. The lowest BCUT2D eigenvalue weighted by atomic mass is 10.1. The predicted molar refractivity (Wildman–Crippen MR) is 80.3 cm³/mol. The number of rotatable bonds is 1. The molecule has 102 valence electrons. The highest BCUT2D eigenvalue weighted by Crippen LogP contribution is 2.27. The molecule has 0 bridgehead atoms. The zero-order valence-corrected chi connectivity index (χ0v) is 12.2. The highest BCUT2D eigenvalue weighted by molar-refractivity contribution is 7.13. The fourth-order valence-corrected chi connectivity index (χ4v) is 3.03. The summed E-state index contributed by atoms with van der Waals surface area (Å²) < 4.78 is 2.54. The first-order valence-electron chi connectivity index (χ1n) is 6.12. The van der Waals surface area contributed by atoms with E-state index in [2.05, 4.69) is 4.98 Å². The van der Waals surface area contributed by atoms with Gasteiger partial charge in [0.1, 0.15) is 0 Å². The van der Waals surface area contributed by atoms with Crippen LogP contribution >= 0.6 is 11.3 Å². The Kier molecular flexibility index (Phi) is 2.83. The third kappa shape index (κ3) is 1.72. The maximum absolute atomic E-state index is 12.2. The molecule has 0 spiro atoms. The van der Waals surface area contributed by atoms with Gasteiger partial charge in [0.05, 0.1) is 16.1 Å². The van der Waals surface area contributed by atoms with Gasteiger partial charge in [-0.15, -0.1) is 11.3 Å². The van der Waals surface area contributed by atoms with E-state index in [0.29, 0.717) is 11.0 Å². The number of aromatic nitrogens is 3. The summed E-state index contributed by atoms with van der Waals surface area (Å²) in [6, 6.07) is 5.77. The Bertz CT molecular complexity index is 920. The highest BCUT2D eigenvalue weighted by atomic mass is 32.1. The molecule has 3 rings (SSSR count). The van der Waals surface area contributed by atoms with Crippen molar-refractivity contribution in [3.8, 4) is 10.6 Å². The Balaban J connectivity index is 2.49. The summed E-state index contributed by atoms with van der Waals surface area (Å²) in [5.41, 5.74) is 1.93. The summed E-state index contributed by atoms with van der Waals surface area (Å²) >= 11 is 1.58. The van der Waals surface area contributed by atoms with Crippen molar-refractivity contribution in [2.75, 3.05) is 0 Å². The Morgan fingerprint density at radius 3 is 2.60 bits per heavy atom. The van der Waals surface area contributed by atoms with E-state index in [1.807, 2.05) is 30.5 Å². The van der Waals surface area contributed by atoms with Crippen LogP contribution < -0.4 is 11.2 Å². The van der Waals surface area contributed by atoms with Gasteiger partial charge in [-0.2, -0.15) is 0 Å². The Morgan fingerprint density at radius 2 is 1.95 bits per heavy atom. The van der Waals surface area contributed by atoms with E-state index < -0.39 is 0 Å². The van der Waals surface area contributed by atoms with Crippen LogP contribution in [-0.2, 0) is 14.1 Å². The van der Waals surface area contributed by atoms with Crippen molar-refractivity contribution in [3.63, 3.8) is 0 Å². The van der Waals surface area contributed by atoms with E-state index in [-0.39, 0.29) is 11.2 Å². The van der Waals surface area contributed by atoms with Crippen molar-refractivity contribution in [2.24, 2.45) is 14.1 Å². The van der Waals surface area contributed by atoms with Gasteiger partial charge in [-0.3, -0.25) is 13.9 Å². The molecule has 0 amide bonds. The van der Waals surface area contributed by atoms with Crippen molar-refractivity contribution >= 4 is 22.4 Å². The highest BCUT2D eigenvalue weighted by Gasteiger charge is 2.13. The van der Waals surface area contributed by atoms with E-state index in [4.69, 9.17) is 0 Å².